The molecule has 96 valence electrons. The molecule has 0 aliphatic rings. The molecule has 2 aromatic rings. The van der Waals surface area contributed by atoms with E-state index < -0.39 is 0 Å². The topological polar surface area (TPSA) is 29.9 Å². The van der Waals surface area contributed by atoms with Crippen LogP contribution in [0, 0.1) is 0 Å². The smallest absolute Gasteiger partial charge is 0.0534 e. The maximum absolute atomic E-state index is 4.27. The molecule has 0 aliphatic heterocycles. The van der Waals surface area contributed by atoms with Crippen molar-refractivity contribution in [2.24, 2.45) is 0 Å². The lowest BCUT2D eigenvalue weighted by atomic mass is 10.1. The van der Waals surface area contributed by atoms with Gasteiger partial charge in [-0.3, -0.25) is 4.68 Å². The molecule has 0 aliphatic carbocycles. The van der Waals surface area contributed by atoms with Crippen LogP contribution in [0.3, 0.4) is 0 Å². The van der Waals surface area contributed by atoms with Gasteiger partial charge in [-0.15, -0.1) is 0 Å². The van der Waals surface area contributed by atoms with Gasteiger partial charge in [-0.05, 0) is 25.5 Å². The second-order valence-electron chi connectivity index (χ2n) is 4.33. The number of hydrogen-bond acceptors (Lipinski definition) is 2. The van der Waals surface area contributed by atoms with E-state index in [1.807, 2.05) is 16.9 Å². The molecule has 1 N–H and O–H groups in total. The fourth-order valence-electron chi connectivity index (χ4n) is 1.88. The summed E-state index contributed by atoms with van der Waals surface area (Å²) in [4.78, 5) is 0. The number of nitrogens with one attached hydrogen (secondary N) is 1. The Labute approximate surface area is 116 Å². The summed E-state index contributed by atoms with van der Waals surface area (Å²) < 4.78 is 3.09. The van der Waals surface area contributed by atoms with E-state index in [-0.39, 0.29) is 0 Å². The molecule has 1 aromatic carbocycles. The molecule has 0 saturated heterocycles. The van der Waals surface area contributed by atoms with E-state index in [1.165, 1.54) is 11.1 Å². The molecule has 0 saturated carbocycles. The third-order valence-electron chi connectivity index (χ3n) is 2.99. The zero-order chi connectivity index (χ0) is 13.0. The van der Waals surface area contributed by atoms with Gasteiger partial charge in [-0.25, -0.2) is 0 Å². The largest absolute Gasteiger partial charge is 0.306 e. The van der Waals surface area contributed by atoms with Crippen LogP contribution in [-0.4, -0.2) is 9.78 Å². The number of rotatable bonds is 5. The van der Waals surface area contributed by atoms with E-state index in [2.05, 4.69) is 64.6 Å². The lowest BCUT2D eigenvalue weighted by Crippen LogP contribution is -2.18. The summed E-state index contributed by atoms with van der Waals surface area (Å²) in [5.41, 5.74) is 2.50. The van der Waals surface area contributed by atoms with Crippen LogP contribution in [0.2, 0.25) is 0 Å². The van der Waals surface area contributed by atoms with Gasteiger partial charge in [0, 0.05) is 35.4 Å². The lowest BCUT2D eigenvalue weighted by Gasteiger charge is -2.15. The van der Waals surface area contributed by atoms with E-state index in [0.717, 1.165) is 17.6 Å². The molecule has 18 heavy (non-hydrogen) atoms. The first-order valence-corrected chi connectivity index (χ1v) is 6.99. The summed E-state index contributed by atoms with van der Waals surface area (Å²) >= 11 is 3.58. The molecular formula is C14H18BrN3. The molecule has 0 amide bonds. The van der Waals surface area contributed by atoms with Gasteiger partial charge in [-0.2, -0.15) is 5.10 Å². The molecule has 0 unspecified atom stereocenters. The summed E-state index contributed by atoms with van der Waals surface area (Å²) in [6.07, 6.45) is 4.00. The van der Waals surface area contributed by atoms with Gasteiger partial charge in [-0.1, -0.05) is 34.1 Å². The molecule has 4 heteroatoms. The molecule has 3 nitrogen and oxygen atoms in total. The Kier molecular flexibility index (Phi) is 4.55. The first-order valence-electron chi connectivity index (χ1n) is 6.20. The lowest BCUT2D eigenvalue weighted by molar-refractivity contribution is 0.572. The number of aryl methyl sites for hydroxylation is 1. The average Bonchev–Trinajstić information content (AvgIpc) is 2.84. The number of hydrogen-bond donors (Lipinski definition) is 1. The van der Waals surface area contributed by atoms with Gasteiger partial charge < -0.3 is 5.32 Å². The molecule has 1 atom stereocenters. The minimum atomic E-state index is 0.311. The van der Waals surface area contributed by atoms with Crippen LogP contribution in [0.5, 0.6) is 0 Å². The molecule has 1 heterocycles. The van der Waals surface area contributed by atoms with Crippen LogP contribution in [0.15, 0.2) is 41.1 Å². The van der Waals surface area contributed by atoms with Crippen molar-refractivity contribution in [2.45, 2.75) is 33.0 Å². The van der Waals surface area contributed by atoms with Crippen molar-refractivity contribution in [1.29, 1.82) is 0 Å². The summed E-state index contributed by atoms with van der Waals surface area (Å²) in [6.45, 7) is 6.01. The zero-order valence-electron chi connectivity index (χ0n) is 10.7. The van der Waals surface area contributed by atoms with Crippen molar-refractivity contribution in [3.8, 4) is 0 Å². The highest BCUT2D eigenvalue weighted by atomic mass is 79.9. The van der Waals surface area contributed by atoms with Crippen molar-refractivity contribution < 1.29 is 0 Å². The Bertz CT molecular complexity index is 507. The predicted octanol–water partition coefficient (Wildman–Crippen LogP) is 3.52. The van der Waals surface area contributed by atoms with E-state index in [4.69, 9.17) is 0 Å². The number of halogens is 1. The zero-order valence-corrected chi connectivity index (χ0v) is 12.3. The number of benzene rings is 1. The fourth-order valence-corrected chi connectivity index (χ4v) is 2.51. The summed E-state index contributed by atoms with van der Waals surface area (Å²) in [5, 5.41) is 7.78. The molecule has 1 aromatic heterocycles. The van der Waals surface area contributed by atoms with Crippen LogP contribution >= 0.6 is 15.9 Å². The van der Waals surface area contributed by atoms with Crippen molar-refractivity contribution in [3.05, 3.63) is 52.3 Å². The van der Waals surface area contributed by atoms with Gasteiger partial charge in [0.25, 0.3) is 0 Å². The van der Waals surface area contributed by atoms with Gasteiger partial charge in [0.2, 0.25) is 0 Å². The average molecular weight is 308 g/mol. The SMILES string of the molecule is CCn1cc(CN[C@H](C)c2ccccc2Br)cn1. The van der Waals surface area contributed by atoms with E-state index in [1.54, 1.807) is 0 Å². The van der Waals surface area contributed by atoms with Crippen molar-refractivity contribution in [3.63, 3.8) is 0 Å². The molecule has 2 rings (SSSR count). The highest BCUT2D eigenvalue weighted by Crippen LogP contribution is 2.22. The normalized spacial score (nSPS) is 12.6. The predicted molar refractivity (Wildman–Crippen MR) is 77.3 cm³/mol. The van der Waals surface area contributed by atoms with Crippen molar-refractivity contribution >= 4 is 15.9 Å². The van der Waals surface area contributed by atoms with E-state index >= 15 is 0 Å². The van der Waals surface area contributed by atoms with Gasteiger partial charge in [0.05, 0.1) is 6.20 Å². The Hall–Kier alpha value is -1.13. The maximum atomic E-state index is 4.27. The second-order valence-corrected chi connectivity index (χ2v) is 5.18. The highest BCUT2D eigenvalue weighted by Gasteiger charge is 2.08. The highest BCUT2D eigenvalue weighted by molar-refractivity contribution is 9.10. The van der Waals surface area contributed by atoms with Crippen LogP contribution in [0.4, 0.5) is 0 Å². The van der Waals surface area contributed by atoms with Gasteiger partial charge >= 0.3 is 0 Å². The maximum Gasteiger partial charge on any atom is 0.0534 e. The van der Waals surface area contributed by atoms with Gasteiger partial charge in [0.15, 0.2) is 0 Å². The standard InChI is InChI=1S/C14H18BrN3/c1-3-18-10-12(9-17-18)8-16-11(2)13-6-4-5-7-14(13)15/h4-7,9-11,16H,3,8H2,1-2H3/t11-/m1/s1. The van der Waals surface area contributed by atoms with Crippen LogP contribution in [0.25, 0.3) is 0 Å². The summed E-state index contributed by atoms with van der Waals surface area (Å²) in [5.74, 6) is 0. The minimum Gasteiger partial charge on any atom is -0.306 e. The first-order chi connectivity index (χ1) is 8.70. The minimum absolute atomic E-state index is 0.311. The van der Waals surface area contributed by atoms with Crippen LogP contribution in [0.1, 0.15) is 31.0 Å². The Balaban J connectivity index is 1.96. The van der Waals surface area contributed by atoms with Gasteiger partial charge in [0.1, 0.15) is 0 Å². The van der Waals surface area contributed by atoms with Crippen LogP contribution in [-0.2, 0) is 13.1 Å². The molecule has 0 fully saturated rings. The number of aromatic nitrogens is 2. The molecular weight excluding hydrogens is 290 g/mol. The Morgan fingerprint density at radius 2 is 2.17 bits per heavy atom. The summed E-state index contributed by atoms with van der Waals surface area (Å²) in [7, 11) is 0. The van der Waals surface area contributed by atoms with Crippen molar-refractivity contribution in [2.75, 3.05) is 0 Å². The van der Waals surface area contributed by atoms with E-state index in [0.29, 0.717) is 6.04 Å². The molecule has 0 radical (unpaired) electrons. The monoisotopic (exact) mass is 307 g/mol. The third kappa shape index (κ3) is 3.21. The quantitative estimate of drug-likeness (QED) is 0.916. The summed E-state index contributed by atoms with van der Waals surface area (Å²) in [6, 6.07) is 8.62. The molecule has 0 bridgehead atoms. The van der Waals surface area contributed by atoms with E-state index in [9.17, 15) is 0 Å². The van der Waals surface area contributed by atoms with Crippen molar-refractivity contribution in [1.82, 2.24) is 15.1 Å². The molecule has 0 spiro atoms. The van der Waals surface area contributed by atoms with Crippen LogP contribution < -0.4 is 5.32 Å². The Morgan fingerprint density at radius 3 is 2.83 bits per heavy atom. The third-order valence-corrected chi connectivity index (χ3v) is 3.72. The fraction of sp³-hybridized carbons (Fsp3) is 0.357. The second kappa shape index (κ2) is 6.16. The number of nitrogens with zero attached hydrogens (tertiary/aromatic N) is 2. The Morgan fingerprint density at radius 1 is 1.39 bits per heavy atom. The first kappa shape index (κ1) is 13.3.